The van der Waals surface area contributed by atoms with E-state index in [-0.39, 0.29) is 17.7 Å². The molecule has 2 rings (SSSR count). The monoisotopic (exact) mass is 217 g/mol. The highest BCUT2D eigenvalue weighted by Crippen LogP contribution is 2.50. The lowest BCUT2D eigenvalue weighted by atomic mass is 9.87. The van der Waals surface area contributed by atoms with Crippen molar-refractivity contribution in [1.29, 1.82) is 0 Å². The van der Waals surface area contributed by atoms with Crippen molar-refractivity contribution in [3.8, 4) is 0 Å². The standard InChI is InChI=1S/C11H17F2NO/c1-3-10(2)4-5-14(7-10)9(15)8-6-11(8,12)13/h8H,3-7H2,1-2H3/t8-,10+/m1/s1. The summed E-state index contributed by atoms with van der Waals surface area (Å²) in [7, 11) is 0. The van der Waals surface area contributed by atoms with Gasteiger partial charge in [0.15, 0.2) is 0 Å². The normalized spacial score (nSPS) is 38.1. The van der Waals surface area contributed by atoms with Crippen molar-refractivity contribution in [3.63, 3.8) is 0 Å². The lowest BCUT2D eigenvalue weighted by Gasteiger charge is -2.22. The molecule has 4 heteroatoms. The van der Waals surface area contributed by atoms with Gasteiger partial charge in [-0.2, -0.15) is 0 Å². The van der Waals surface area contributed by atoms with E-state index in [0.717, 1.165) is 12.8 Å². The van der Waals surface area contributed by atoms with Gasteiger partial charge in [0.2, 0.25) is 5.91 Å². The minimum absolute atomic E-state index is 0.139. The molecule has 0 spiro atoms. The Morgan fingerprint density at radius 1 is 1.53 bits per heavy atom. The Kier molecular flexibility index (Phi) is 2.28. The second kappa shape index (κ2) is 3.16. The fourth-order valence-electron chi connectivity index (χ4n) is 2.20. The fraction of sp³-hybridized carbons (Fsp3) is 0.909. The average molecular weight is 217 g/mol. The molecule has 2 fully saturated rings. The zero-order valence-electron chi connectivity index (χ0n) is 9.22. The molecular weight excluding hydrogens is 200 g/mol. The molecule has 1 saturated carbocycles. The summed E-state index contributed by atoms with van der Waals surface area (Å²) in [5.74, 6) is -4.07. The van der Waals surface area contributed by atoms with Crippen LogP contribution in [-0.2, 0) is 4.79 Å². The van der Waals surface area contributed by atoms with E-state index in [1.807, 2.05) is 0 Å². The molecule has 1 amide bonds. The van der Waals surface area contributed by atoms with Gasteiger partial charge >= 0.3 is 0 Å². The van der Waals surface area contributed by atoms with Crippen LogP contribution >= 0.6 is 0 Å². The highest BCUT2D eigenvalue weighted by atomic mass is 19.3. The van der Waals surface area contributed by atoms with Crippen LogP contribution in [-0.4, -0.2) is 29.8 Å². The maximum Gasteiger partial charge on any atom is 0.260 e. The molecule has 0 aromatic heterocycles. The molecule has 0 unspecified atom stereocenters. The van der Waals surface area contributed by atoms with Crippen molar-refractivity contribution in [3.05, 3.63) is 0 Å². The Labute approximate surface area is 88.6 Å². The molecule has 2 atom stereocenters. The highest BCUT2D eigenvalue weighted by Gasteiger charge is 2.62. The summed E-state index contributed by atoms with van der Waals surface area (Å²) in [6, 6.07) is 0. The summed E-state index contributed by atoms with van der Waals surface area (Å²) < 4.78 is 25.5. The van der Waals surface area contributed by atoms with Gasteiger partial charge < -0.3 is 4.90 Å². The van der Waals surface area contributed by atoms with Gasteiger partial charge in [0, 0.05) is 19.5 Å². The van der Waals surface area contributed by atoms with Gasteiger partial charge in [-0.15, -0.1) is 0 Å². The second-order valence-electron chi connectivity index (χ2n) is 5.19. The van der Waals surface area contributed by atoms with Crippen molar-refractivity contribution >= 4 is 5.91 Å². The number of hydrogen-bond donors (Lipinski definition) is 0. The summed E-state index contributed by atoms with van der Waals surface area (Å²) >= 11 is 0. The predicted molar refractivity (Wildman–Crippen MR) is 52.6 cm³/mol. The summed E-state index contributed by atoms with van der Waals surface area (Å²) in [5, 5.41) is 0. The number of halogens is 2. The fourth-order valence-corrected chi connectivity index (χ4v) is 2.20. The minimum Gasteiger partial charge on any atom is -0.342 e. The Balaban J connectivity index is 1.95. The first kappa shape index (κ1) is 10.8. The first-order valence-corrected chi connectivity index (χ1v) is 5.55. The SMILES string of the molecule is CC[C@@]1(C)CCN(C(=O)[C@H]2CC2(F)F)C1. The molecule has 1 aliphatic heterocycles. The number of amides is 1. The first-order chi connectivity index (χ1) is 6.88. The second-order valence-corrected chi connectivity index (χ2v) is 5.19. The molecular formula is C11H17F2NO. The largest absolute Gasteiger partial charge is 0.342 e. The van der Waals surface area contributed by atoms with Gasteiger partial charge in [0.25, 0.3) is 5.92 Å². The topological polar surface area (TPSA) is 20.3 Å². The van der Waals surface area contributed by atoms with Crippen LogP contribution in [0.2, 0.25) is 0 Å². The number of alkyl halides is 2. The van der Waals surface area contributed by atoms with Crippen molar-refractivity contribution < 1.29 is 13.6 Å². The molecule has 1 heterocycles. The minimum atomic E-state index is -2.72. The third-order valence-electron chi connectivity index (χ3n) is 3.85. The zero-order valence-corrected chi connectivity index (χ0v) is 9.22. The van der Waals surface area contributed by atoms with Crippen LogP contribution in [0.15, 0.2) is 0 Å². The number of likely N-dealkylation sites (tertiary alicyclic amines) is 1. The van der Waals surface area contributed by atoms with Crippen LogP contribution in [0.3, 0.4) is 0 Å². The van der Waals surface area contributed by atoms with E-state index in [2.05, 4.69) is 13.8 Å². The molecule has 1 saturated heterocycles. The first-order valence-electron chi connectivity index (χ1n) is 5.55. The average Bonchev–Trinajstić information content (AvgIpc) is 2.63. The maximum absolute atomic E-state index is 12.7. The maximum atomic E-state index is 12.7. The molecule has 15 heavy (non-hydrogen) atoms. The number of carbonyl (C=O) groups excluding carboxylic acids is 1. The van der Waals surface area contributed by atoms with E-state index < -0.39 is 11.8 Å². The van der Waals surface area contributed by atoms with Crippen LogP contribution in [0.4, 0.5) is 8.78 Å². The van der Waals surface area contributed by atoms with Gasteiger partial charge in [-0.1, -0.05) is 13.8 Å². The summed E-state index contributed by atoms with van der Waals surface area (Å²) in [6.45, 7) is 5.50. The number of hydrogen-bond acceptors (Lipinski definition) is 1. The van der Waals surface area contributed by atoms with E-state index in [1.165, 1.54) is 0 Å². The molecule has 0 radical (unpaired) electrons. The summed E-state index contributed by atoms with van der Waals surface area (Å²) in [5.41, 5.74) is 0.139. The predicted octanol–water partition coefficient (Wildman–Crippen LogP) is 2.29. The Morgan fingerprint density at radius 3 is 2.53 bits per heavy atom. The number of nitrogens with zero attached hydrogens (tertiary/aromatic N) is 1. The third kappa shape index (κ3) is 1.86. The summed E-state index contributed by atoms with van der Waals surface area (Å²) in [6.07, 6.45) is 1.69. The number of rotatable bonds is 2. The Hall–Kier alpha value is -0.670. The quantitative estimate of drug-likeness (QED) is 0.695. The zero-order chi connectivity index (χ0) is 11.3. The van der Waals surface area contributed by atoms with E-state index in [4.69, 9.17) is 0 Å². The van der Waals surface area contributed by atoms with Crippen LogP contribution in [0.25, 0.3) is 0 Å². The van der Waals surface area contributed by atoms with Gasteiger partial charge in [-0.05, 0) is 18.3 Å². The van der Waals surface area contributed by atoms with Crippen LogP contribution < -0.4 is 0 Å². The summed E-state index contributed by atoms with van der Waals surface area (Å²) in [4.78, 5) is 13.3. The Morgan fingerprint density at radius 2 is 2.13 bits per heavy atom. The highest BCUT2D eigenvalue weighted by molar-refractivity contribution is 5.83. The molecule has 2 nitrogen and oxygen atoms in total. The van der Waals surface area contributed by atoms with Gasteiger partial charge in [0.1, 0.15) is 5.92 Å². The van der Waals surface area contributed by atoms with Crippen molar-refractivity contribution in [2.24, 2.45) is 11.3 Å². The van der Waals surface area contributed by atoms with E-state index in [9.17, 15) is 13.6 Å². The molecule has 0 aromatic rings. The Bertz CT molecular complexity index is 292. The lowest BCUT2D eigenvalue weighted by Crippen LogP contribution is -2.33. The van der Waals surface area contributed by atoms with Crippen molar-refractivity contribution in [2.75, 3.05) is 13.1 Å². The van der Waals surface area contributed by atoms with E-state index >= 15 is 0 Å². The molecule has 86 valence electrons. The molecule has 1 aliphatic carbocycles. The van der Waals surface area contributed by atoms with Gasteiger partial charge in [-0.3, -0.25) is 4.79 Å². The van der Waals surface area contributed by atoms with Crippen molar-refractivity contribution in [1.82, 2.24) is 4.90 Å². The molecule has 0 bridgehead atoms. The van der Waals surface area contributed by atoms with E-state index in [1.54, 1.807) is 4.90 Å². The smallest absolute Gasteiger partial charge is 0.260 e. The molecule has 0 aromatic carbocycles. The molecule has 0 N–H and O–H groups in total. The third-order valence-corrected chi connectivity index (χ3v) is 3.85. The van der Waals surface area contributed by atoms with Crippen LogP contribution in [0.5, 0.6) is 0 Å². The molecule has 2 aliphatic rings. The van der Waals surface area contributed by atoms with Gasteiger partial charge in [0.05, 0.1) is 0 Å². The van der Waals surface area contributed by atoms with Crippen LogP contribution in [0, 0.1) is 11.3 Å². The number of carbonyl (C=O) groups is 1. The van der Waals surface area contributed by atoms with Crippen molar-refractivity contribution in [2.45, 2.75) is 39.0 Å². The van der Waals surface area contributed by atoms with Crippen LogP contribution in [0.1, 0.15) is 33.1 Å². The van der Waals surface area contributed by atoms with E-state index in [0.29, 0.717) is 13.1 Å². The van der Waals surface area contributed by atoms with Gasteiger partial charge in [-0.25, -0.2) is 8.78 Å². The lowest BCUT2D eigenvalue weighted by molar-refractivity contribution is -0.134.